The largest absolute Gasteiger partial charge is 0.481 e. The predicted molar refractivity (Wildman–Crippen MR) is 59.8 cm³/mol. The first-order valence-electron chi connectivity index (χ1n) is 4.41. The van der Waals surface area contributed by atoms with E-state index in [4.69, 9.17) is 5.11 Å². The maximum absolute atomic E-state index is 10.7. The summed E-state index contributed by atoms with van der Waals surface area (Å²) in [6, 6.07) is 5.64. The molecular weight excluding hydrogens is 260 g/mol. The number of carbonyl (C=O) groups is 1. The van der Waals surface area contributed by atoms with Crippen LogP contribution in [0, 0.1) is 0 Å². The van der Waals surface area contributed by atoms with Crippen molar-refractivity contribution in [3.05, 3.63) is 28.4 Å². The van der Waals surface area contributed by atoms with Gasteiger partial charge in [0.05, 0.1) is 17.6 Å². The highest BCUT2D eigenvalue weighted by Crippen LogP contribution is 2.22. The standard InChI is InChI=1S/C10H9BrN2O2/c1-13-9(5-10(14)15)7-4-6(11)2-3-8(7)12-13/h2-4H,5H2,1H3,(H,14,15). The Morgan fingerprint density at radius 3 is 3.00 bits per heavy atom. The van der Waals surface area contributed by atoms with E-state index < -0.39 is 5.97 Å². The second-order valence-electron chi connectivity index (χ2n) is 3.30. The molecule has 0 radical (unpaired) electrons. The molecule has 0 aliphatic carbocycles. The Hall–Kier alpha value is -1.36. The molecule has 2 aromatic rings. The molecule has 0 aliphatic heterocycles. The summed E-state index contributed by atoms with van der Waals surface area (Å²) in [5.41, 5.74) is 1.54. The van der Waals surface area contributed by atoms with Gasteiger partial charge in [-0.2, -0.15) is 5.10 Å². The molecule has 0 saturated carbocycles. The van der Waals surface area contributed by atoms with Crippen molar-refractivity contribution < 1.29 is 9.90 Å². The van der Waals surface area contributed by atoms with Crippen LogP contribution in [0.15, 0.2) is 22.7 Å². The molecule has 4 nitrogen and oxygen atoms in total. The fourth-order valence-electron chi connectivity index (χ4n) is 1.58. The van der Waals surface area contributed by atoms with Crippen molar-refractivity contribution in [1.82, 2.24) is 9.78 Å². The number of benzene rings is 1. The van der Waals surface area contributed by atoms with Crippen LogP contribution in [0.5, 0.6) is 0 Å². The third-order valence-corrected chi connectivity index (χ3v) is 2.73. The minimum absolute atomic E-state index is 0.0105. The van der Waals surface area contributed by atoms with Gasteiger partial charge in [0.15, 0.2) is 0 Å². The smallest absolute Gasteiger partial charge is 0.309 e. The maximum atomic E-state index is 10.7. The third-order valence-electron chi connectivity index (χ3n) is 2.24. The number of nitrogens with zero attached hydrogens (tertiary/aromatic N) is 2. The fraction of sp³-hybridized carbons (Fsp3) is 0.200. The molecule has 0 saturated heterocycles. The minimum atomic E-state index is -0.847. The lowest BCUT2D eigenvalue weighted by Crippen LogP contribution is -2.06. The van der Waals surface area contributed by atoms with Crippen molar-refractivity contribution in [2.75, 3.05) is 0 Å². The number of hydrogen-bond acceptors (Lipinski definition) is 2. The maximum Gasteiger partial charge on any atom is 0.309 e. The molecule has 2 rings (SSSR count). The van der Waals surface area contributed by atoms with Crippen LogP contribution in [0.25, 0.3) is 10.9 Å². The van der Waals surface area contributed by atoms with E-state index in [1.807, 2.05) is 18.2 Å². The number of aromatic nitrogens is 2. The summed E-state index contributed by atoms with van der Waals surface area (Å²) in [5.74, 6) is -0.847. The van der Waals surface area contributed by atoms with E-state index in [0.29, 0.717) is 0 Å². The van der Waals surface area contributed by atoms with Crippen LogP contribution in [-0.4, -0.2) is 20.9 Å². The highest BCUT2D eigenvalue weighted by atomic mass is 79.9. The van der Waals surface area contributed by atoms with Gasteiger partial charge in [-0.1, -0.05) is 15.9 Å². The van der Waals surface area contributed by atoms with Crippen molar-refractivity contribution in [3.63, 3.8) is 0 Å². The van der Waals surface area contributed by atoms with Crippen LogP contribution in [0.2, 0.25) is 0 Å². The molecule has 78 valence electrons. The highest BCUT2D eigenvalue weighted by molar-refractivity contribution is 9.10. The number of halogens is 1. The van der Waals surface area contributed by atoms with Gasteiger partial charge in [-0.15, -0.1) is 0 Å². The first-order chi connectivity index (χ1) is 7.08. The number of fused-ring (bicyclic) bond motifs is 1. The van der Waals surface area contributed by atoms with E-state index in [9.17, 15) is 4.79 Å². The molecule has 0 spiro atoms. The lowest BCUT2D eigenvalue weighted by Gasteiger charge is -1.98. The highest BCUT2D eigenvalue weighted by Gasteiger charge is 2.11. The van der Waals surface area contributed by atoms with Gasteiger partial charge in [-0.25, -0.2) is 0 Å². The Labute approximate surface area is 94.6 Å². The van der Waals surface area contributed by atoms with Gasteiger partial charge in [0.2, 0.25) is 0 Å². The average molecular weight is 269 g/mol. The Kier molecular flexibility index (Phi) is 2.48. The van der Waals surface area contributed by atoms with Gasteiger partial charge < -0.3 is 5.11 Å². The van der Waals surface area contributed by atoms with Crippen molar-refractivity contribution in [2.45, 2.75) is 6.42 Å². The molecule has 0 bridgehead atoms. The molecule has 0 fully saturated rings. The lowest BCUT2D eigenvalue weighted by molar-refractivity contribution is -0.136. The van der Waals surface area contributed by atoms with Crippen LogP contribution >= 0.6 is 15.9 Å². The van der Waals surface area contributed by atoms with Crippen LogP contribution in [0.4, 0.5) is 0 Å². The number of aryl methyl sites for hydroxylation is 1. The quantitative estimate of drug-likeness (QED) is 0.906. The molecular formula is C10H9BrN2O2. The average Bonchev–Trinajstić information content (AvgIpc) is 2.43. The Bertz CT molecular complexity index is 533. The molecule has 1 aromatic carbocycles. The second-order valence-corrected chi connectivity index (χ2v) is 4.22. The van der Waals surface area contributed by atoms with Gasteiger partial charge in [0.25, 0.3) is 0 Å². The van der Waals surface area contributed by atoms with Crippen LogP contribution < -0.4 is 0 Å². The van der Waals surface area contributed by atoms with Gasteiger partial charge >= 0.3 is 5.97 Å². The zero-order valence-electron chi connectivity index (χ0n) is 8.07. The number of carboxylic acids is 1. The molecule has 1 heterocycles. The SMILES string of the molecule is Cn1nc2ccc(Br)cc2c1CC(=O)O. The summed E-state index contributed by atoms with van der Waals surface area (Å²) in [4.78, 5) is 10.7. The summed E-state index contributed by atoms with van der Waals surface area (Å²) in [5, 5.41) is 13.9. The monoisotopic (exact) mass is 268 g/mol. The number of carboxylic acid groups (broad SMARTS) is 1. The van der Waals surface area contributed by atoms with Crippen molar-refractivity contribution >= 4 is 32.8 Å². The Balaban J connectivity index is 2.65. The third kappa shape index (κ3) is 1.87. The summed E-state index contributed by atoms with van der Waals surface area (Å²) in [6.07, 6.45) is -0.0105. The first kappa shape index (κ1) is 10.2. The van der Waals surface area contributed by atoms with Gasteiger partial charge in [-0.3, -0.25) is 9.48 Å². The summed E-state index contributed by atoms with van der Waals surface area (Å²) in [6.45, 7) is 0. The van der Waals surface area contributed by atoms with E-state index in [-0.39, 0.29) is 6.42 Å². The number of hydrogen-bond donors (Lipinski definition) is 1. The van der Waals surface area contributed by atoms with Gasteiger partial charge in [-0.05, 0) is 18.2 Å². The Morgan fingerprint density at radius 2 is 2.33 bits per heavy atom. The van der Waals surface area contributed by atoms with Gasteiger partial charge in [0.1, 0.15) is 0 Å². The predicted octanol–water partition coefficient (Wildman–Crippen LogP) is 1.96. The Morgan fingerprint density at radius 1 is 1.60 bits per heavy atom. The number of aliphatic carboxylic acids is 1. The van der Waals surface area contributed by atoms with Gasteiger partial charge in [0, 0.05) is 16.9 Å². The molecule has 0 unspecified atom stereocenters. The van der Waals surface area contributed by atoms with Crippen LogP contribution in [0.3, 0.4) is 0 Å². The van der Waals surface area contributed by atoms with Crippen LogP contribution in [-0.2, 0) is 18.3 Å². The summed E-state index contributed by atoms with van der Waals surface area (Å²) >= 11 is 3.36. The van der Waals surface area contributed by atoms with Crippen molar-refractivity contribution in [3.8, 4) is 0 Å². The summed E-state index contributed by atoms with van der Waals surface area (Å²) in [7, 11) is 1.76. The zero-order chi connectivity index (χ0) is 11.0. The van der Waals surface area contributed by atoms with Crippen molar-refractivity contribution in [2.24, 2.45) is 7.05 Å². The molecule has 1 N–H and O–H groups in total. The van der Waals surface area contributed by atoms with E-state index in [2.05, 4.69) is 21.0 Å². The zero-order valence-corrected chi connectivity index (χ0v) is 9.65. The molecule has 5 heteroatoms. The topological polar surface area (TPSA) is 55.1 Å². The molecule has 0 atom stereocenters. The first-order valence-corrected chi connectivity index (χ1v) is 5.20. The molecule has 0 amide bonds. The minimum Gasteiger partial charge on any atom is -0.481 e. The fourth-order valence-corrected chi connectivity index (χ4v) is 1.94. The molecule has 15 heavy (non-hydrogen) atoms. The van der Waals surface area contributed by atoms with E-state index in [1.165, 1.54) is 0 Å². The van der Waals surface area contributed by atoms with Crippen LogP contribution in [0.1, 0.15) is 5.69 Å². The van der Waals surface area contributed by atoms with Crippen molar-refractivity contribution in [1.29, 1.82) is 0 Å². The molecule has 1 aromatic heterocycles. The lowest BCUT2D eigenvalue weighted by atomic mass is 10.2. The van der Waals surface area contributed by atoms with E-state index in [0.717, 1.165) is 21.1 Å². The summed E-state index contributed by atoms with van der Waals surface area (Å²) < 4.78 is 2.54. The second kappa shape index (κ2) is 3.66. The van der Waals surface area contributed by atoms with E-state index >= 15 is 0 Å². The molecule has 0 aliphatic rings. The normalized spacial score (nSPS) is 10.8. The number of rotatable bonds is 2. The van der Waals surface area contributed by atoms with E-state index in [1.54, 1.807) is 11.7 Å².